The molecule has 1 N–H and O–H groups in total. The number of nitrogens with zero attached hydrogens (tertiary/aromatic N) is 3. The maximum Gasteiger partial charge on any atom is 0.312 e. The zero-order valence-electron chi connectivity index (χ0n) is 10.1. The van der Waals surface area contributed by atoms with Gasteiger partial charge in [0.05, 0.1) is 15.9 Å². The molecule has 19 heavy (non-hydrogen) atoms. The summed E-state index contributed by atoms with van der Waals surface area (Å²) < 4.78 is 25.0. The molecule has 1 unspecified atom stereocenters. The number of hydrogen-bond acceptors (Lipinski definition) is 6. The van der Waals surface area contributed by atoms with Crippen LogP contribution in [0.3, 0.4) is 0 Å². The lowest BCUT2D eigenvalue weighted by Crippen LogP contribution is -2.34. The Morgan fingerprint density at radius 2 is 2.11 bits per heavy atom. The molecule has 8 nitrogen and oxygen atoms in total. The summed E-state index contributed by atoms with van der Waals surface area (Å²) in [5.74, 6) is -0.625. The first-order valence-corrected chi connectivity index (χ1v) is 6.51. The number of sulfonamides is 1. The minimum Gasteiger partial charge on any atom is -0.502 e. The molecule has 0 aliphatic carbocycles. The average Bonchev–Trinajstić information content (AvgIpc) is 2.36. The summed E-state index contributed by atoms with van der Waals surface area (Å²) in [6.07, 6.45) is 0. The molecule has 0 saturated carbocycles. The molecular formula is C10H11N3O5S. The maximum atomic E-state index is 12.1. The second kappa shape index (κ2) is 5.21. The Morgan fingerprint density at radius 1 is 1.53 bits per heavy atom. The Morgan fingerprint density at radius 3 is 2.58 bits per heavy atom. The summed E-state index contributed by atoms with van der Waals surface area (Å²) >= 11 is 0. The molecule has 1 aromatic carbocycles. The van der Waals surface area contributed by atoms with Gasteiger partial charge in [0.15, 0.2) is 5.75 Å². The van der Waals surface area contributed by atoms with Gasteiger partial charge < -0.3 is 5.11 Å². The molecule has 0 heterocycles. The van der Waals surface area contributed by atoms with E-state index in [1.54, 1.807) is 6.07 Å². The number of nitriles is 1. The molecule has 0 aliphatic rings. The van der Waals surface area contributed by atoms with E-state index < -0.39 is 32.4 Å². The number of nitro benzene ring substituents is 1. The number of nitro groups is 1. The van der Waals surface area contributed by atoms with Crippen LogP contribution in [-0.2, 0) is 10.0 Å². The predicted molar refractivity (Wildman–Crippen MR) is 64.8 cm³/mol. The fraction of sp³-hybridized carbons (Fsp3) is 0.300. The summed E-state index contributed by atoms with van der Waals surface area (Å²) in [5, 5.41) is 28.6. The van der Waals surface area contributed by atoms with Gasteiger partial charge in [-0.05, 0) is 19.1 Å². The van der Waals surface area contributed by atoms with Gasteiger partial charge in [0.1, 0.15) is 6.04 Å². The molecule has 1 atom stereocenters. The van der Waals surface area contributed by atoms with E-state index in [9.17, 15) is 23.6 Å². The Hall–Kier alpha value is -2.18. The van der Waals surface area contributed by atoms with E-state index in [4.69, 9.17) is 5.26 Å². The van der Waals surface area contributed by atoms with Crippen LogP contribution in [0.15, 0.2) is 23.1 Å². The Labute approximate surface area is 109 Å². The molecule has 0 radical (unpaired) electrons. The number of hydrogen-bond donors (Lipinski definition) is 1. The molecule has 0 amide bonds. The van der Waals surface area contributed by atoms with Crippen molar-refractivity contribution in [2.75, 3.05) is 7.05 Å². The van der Waals surface area contributed by atoms with Gasteiger partial charge in [-0.25, -0.2) is 8.42 Å². The Bertz CT molecular complexity index is 650. The number of phenols is 1. The highest BCUT2D eigenvalue weighted by Crippen LogP contribution is 2.29. The van der Waals surface area contributed by atoms with Crippen LogP contribution in [-0.4, -0.2) is 35.8 Å². The van der Waals surface area contributed by atoms with E-state index in [1.165, 1.54) is 14.0 Å². The number of benzene rings is 1. The van der Waals surface area contributed by atoms with Crippen molar-refractivity contribution in [1.82, 2.24) is 4.31 Å². The molecule has 1 rings (SSSR count). The maximum absolute atomic E-state index is 12.1. The predicted octanol–water partition coefficient (Wildman–Crippen LogP) is 0.833. The quantitative estimate of drug-likeness (QED) is 0.645. The van der Waals surface area contributed by atoms with Crippen LogP contribution in [0.2, 0.25) is 0 Å². The molecule has 0 spiro atoms. The van der Waals surface area contributed by atoms with E-state index in [0.29, 0.717) is 0 Å². The van der Waals surface area contributed by atoms with E-state index in [-0.39, 0.29) is 4.90 Å². The molecule has 102 valence electrons. The van der Waals surface area contributed by atoms with Crippen LogP contribution in [0, 0.1) is 21.4 Å². The molecule has 0 bridgehead atoms. The van der Waals surface area contributed by atoms with Crippen LogP contribution in [0.5, 0.6) is 5.75 Å². The fourth-order valence-corrected chi connectivity index (χ4v) is 2.56. The van der Waals surface area contributed by atoms with Crippen LogP contribution in [0.1, 0.15) is 6.92 Å². The van der Waals surface area contributed by atoms with Crippen LogP contribution >= 0.6 is 0 Å². The van der Waals surface area contributed by atoms with Gasteiger partial charge in [0, 0.05) is 13.1 Å². The van der Waals surface area contributed by atoms with Crippen LogP contribution < -0.4 is 0 Å². The topological polar surface area (TPSA) is 125 Å². The molecule has 0 fully saturated rings. The summed E-state index contributed by atoms with van der Waals surface area (Å²) in [7, 11) is -2.83. The van der Waals surface area contributed by atoms with Crippen molar-refractivity contribution in [2.24, 2.45) is 0 Å². The minimum absolute atomic E-state index is 0.360. The van der Waals surface area contributed by atoms with Crippen molar-refractivity contribution in [3.63, 3.8) is 0 Å². The number of rotatable bonds is 4. The average molecular weight is 285 g/mol. The van der Waals surface area contributed by atoms with Crippen LogP contribution in [0.4, 0.5) is 5.69 Å². The van der Waals surface area contributed by atoms with Crippen molar-refractivity contribution in [1.29, 1.82) is 5.26 Å². The largest absolute Gasteiger partial charge is 0.502 e. The molecule has 0 saturated heterocycles. The Balaban J connectivity index is 3.35. The molecule has 0 aliphatic heterocycles. The zero-order chi connectivity index (χ0) is 14.8. The Kier molecular flexibility index (Phi) is 4.08. The van der Waals surface area contributed by atoms with Crippen molar-refractivity contribution in [3.05, 3.63) is 28.3 Å². The molecule has 0 aromatic heterocycles. The second-order valence-corrected chi connectivity index (χ2v) is 5.73. The van der Waals surface area contributed by atoms with Gasteiger partial charge in [0.2, 0.25) is 10.0 Å². The van der Waals surface area contributed by atoms with Crippen LogP contribution in [0.25, 0.3) is 0 Å². The van der Waals surface area contributed by atoms with Gasteiger partial charge in [-0.1, -0.05) is 0 Å². The summed E-state index contributed by atoms with van der Waals surface area (Å²) in [6, 6.07) is 3.56. The highest BCUT2D eigenvalue weighted by atomic mass is 32.2. The van der Waals surface area contributed by atoms with E-state index in [0.717, 1.165) is 22.5 Å². The first-order chi connectivity index (χ1) is 8.71. The first-order valence-electron chi connectivity index (χ1n) is 5.07. The van der Waals surface area contributed by atoms with E-state index in [1.807, 2.05) is 0 Å². The highest BCUT2D eigenvalue weighted by Gasteiger charge is 2.28. The van der Waals surface area contributed by atoms with Gasteiger partial charge >= 0.3 is 5.69 Å². The number of aromatic hydroxyl groups is 1. The second-order valence-electron chi connectivity index (χ2n) is 3.73. The monoisotopic (exact) mass is 285 g/mol. The van der Waals surface area contributed by atoms with Gasteiger partial charge in [-0.15, -0.1) is 0 Å². The number of phenolic OH excluding ortho intramolecular Hbond substituents is 1. The fourth-order valence-electron chi connectivity index (χ4n) is 1.27. The lowest BCUT2D eigenvalue weighted by molar-refractivity contribution is -0.386. The standard InChI is InChI=1S/C10H11N3O5S/c1-7(6-11)12(2)19(17,18)8-3-4-10(14)9(5-8)13(15)16/h3-5,7,14H,1-2H3. The minimum atomic E-state index is -4.03. The van der Waals surface area contributed by atoms with Gasteiger partial charge in [0.25, 0.3) is 0 Å². The summed E-state index contributed by atoms with van der Waals surface area (Å²) in [5.41, 5.74) is -0.709. The molecule has 9 heteroatoms. The van der Waals surface area contributed by atoms with E-state index in [2.05, 4.69) is 0 Å². The third-order valence-corrected chi connectivity index (χ3v) is 4.48. The highest BCUT2D eigenvalue weighted by molar-refractivity contribution is 7.89. The van der Waals surface area contributed by atoms with Gasteiger partial charge in [-0.3, -0.25) is 10.1 Å². The smallest absolute Gasteiger partial charge is 0.312 e. The molecule has 1 aromatic rings. The molecular weight excluding hydrogens is 274 g/mol. The lowest BCUT2D eigenvalue weighted by Gasteiger charge is -2.18. The normalized spacial score (nSPS) is 12.9. The van der Waals surface area contributed by atoms with E-state index >= 15 is 0 Å². The summed E-state index contributed by atoms with van der Waals surface area (Å²) in [4.78, 5) is 9.40. The van der Waals surface area contributed by atoms with Crippen molar-refractivity contribution >= 4 is 15.7 Å². The van der Waals surface area contributed by atoms with Gasteiger partial charge in [-0.2, -0.15) is 9.57 Å². The van der Waals surface area contributed by atoms with Crippen molar-refractivity contribution in [2.45, 2.75) is 17.9 Å². The van der Waals surface area contributed by atoms with Crippen molar-refractivity contribution < 1.29 is 18.4 Å². The lowest BCUT2D eigenvalue weighted by atomic mass is 10.3. The van der Waals surface area contributed by atoms with Crippen molar-refractivity contribution in [3.8, 4) is 11.8 Å². The SMILES string of the molecule is CC(C#N)N(C)S(=O)(=O)c1ccc(O)c([N+](=O)[O-])c1. The third kappa shape index (κ3) is 2.81. The third-order valence-electron chi connectivity index (χ3n) is 2.55. The first kappa shape index (κ1) is 14.9. The zero-order valence-corrected chi connectivity index (χ0v) is 11.0. The summed E-state index contributed by atoms with van der Waals surface area (Å²) in [6.45, 7) is 1.38.